The molecule has 0 spiro atoms. The van der Waals surface area contributed by atoms with Crippen molar-refractivity contribution in [2.45, 2.75) is 12.1 Å². The molecule has 0 bridgehead atoms. The first-order chi connectivity index (χ1) is 11.4. The van der Waals surface area contributed by atoms with Crippen LogP contribution < -0.4 is 32.4 Å². The smallest absolute Gasteiger partial charge is 0.237 e. The molecule has 0 N–H and O–H groups in total. The van der Waals surface area contributed by atoms with Crippen molar-refractivity contribution in [1.29, 1.82) is 0 Å². The Hall–Kier alpha value is -3.42. The summed E-state index contributed by atoms with van der Waals surface area (Å²) >= 11 is 0. The fourth-order valence-corrected chi connectivity index (χ4v) is 2.89. The molecule has 0 radical (unpaired) electrons. The summed E-state index contributed by atoms with van der Waals surface area (Å²) in [6.45, 7) is 0. The van der Waals surface area contributed by atoms with Crippen LogP contribution in [-0.4, -0.2) is 23.7 Å². The van der Waals surface area contributed by atoms with Crippen LogP contribution in [-0.2, 0) is 9.59 Å². The molecule has 0 aromatic carbocycles. The third kappa shape index (κ3) is 1.67. The van der Waals surface area contributed by atoms with Crippen molar-refractivity contribution in [3.8, 4) is 0 Å². The van der Waals surface area contributed by atoms with Gasteiger partial charge in [-0.3, -0.25) is 38.8 Å². The van der Waals surface area contributed by atoms with Crippen LogP contribution >= 0.6 is 0 Å². The summed E-state index contributed by atoms with van der Waals surface area (Å²) in [5, 5.41) is -1.48. The van der Waals surface area contributed by atoms with Crippen molar-refractivity contribution in [2.75, 3.05) is 0 Å². The van der Waals surface area contributed by atoms with E-state index in [1.54, 1.807) is 0 Å². The number of carbonyl (C=O) groups is 2. The molecule has 4 rings (SSSR count). The Morgan fingerprint density at radius 3 is 2.25 bits per heavy atom. The third-order valence-electron chi connectivity index (χ3n) is 4.07. The summed E-state index contributed by atoms with van der Waals surface area (Å²) in [4.78, 5) is 79.7. The van der Waals surface area contributed by atoms with Crippen LogP contribution in [0.2, 0.25) is 0 Å². The van der Waals surface area contributed by atoms with Crippen molar-refractivity contribution >= 4 is 11.6 Å². The number of allylic oxidation sites excluding steroid dienone is 1. The first-order valence-corrected chi connectivity index (χ1v) is 6.93. The van der Waals surface area contributed by atoms with Gasteiger partial charge in [-0.15, -0.1) is 0 Å². The quantitative estimate of drug-likeness (QED) is 0.462. The lowest BCUT2D eigenvalue weighted by atomic mass is 9.94. The monoisotopic (exact) mass is 322 g/mol. The molecule has 0 saturated carbocycles. The fourth-order valence-electron chi connectivity index (χ4n) is 2.89. The number of fused-ring (bicyclic) bond motifs is 2. The lowest BCUT2D eigenvalue weighted by Gasteiger charge is -2.20. The van der Waals surface area contributed by atoms with Gasteiger partial charge in [0.1, 0.15) is 16.8 Å². The number of ketones is 2. The molecule has 1 aliphatic heterocycles. The highest BCUT2D eigenvalue weighted by molar-refractivity contribution is 6.44. The molecule has 0 aromatic heterocycles. The van der Waals surface area contributed by atoms with E-state index in [-0.39, 0.29) is 15.9 Å². The van der Waals surface area contributed by atoms with Crippen molar-refractivity contribution in [1.82, 2.24) is 0 Å². The van der Waals surface area contributed by atoms with E-state index in [4.69, 9.17) is 0 Å². The zero-order valence-electron chi connectivity index (χ0n) is 11.8. The minimum absolute atomic E-state index is 0.245. The molecule has 24 heavy (non-hydrogen) atoms. The third-order valence-corrected chi connectivity index (χ3v) is 4.07. The van der Waals surface area contributed by atoms with Gasteiger partial charge in [0, 0.05) is 5.22 Å². The van der Waals surface area contributed by atoms with Gasteiger partial charge in [-0.05, 0) is 18.2 Å². The molecule has 3 aliphatic carbocycles. The highest BCUT2D eigenvalue weighted by Gasteiger charge is 2.35. The van der Waals surface area contributed by atoms with Crippen LogP contribution in [0.1, 0.15) is 0 Å². The van der Waals surface area contributed by atoms with Crippen molar-refractivity contribution < 1.29 is 9.59 Å². The van der Waals surface area contributed by atoms with Gasteiger partial charge in [0.2, 0.25) is 33.3 Å². The highest BCUT2D eigenvalue weighted by Crippen LogP contribution is 2.13. The molecule has 2 unspecified atom stereocenters. The Morgan fingerprint density at radius 1 is 0.792 bits per heavy atom. The molecule has 0 aromatic rings. The molecule has 8 heteroatoms. The maximum absolute atomic E-state index is 12.5. The Bertz CT molecular complexity index is 1380. The maximum Gasteiger partial charge on any atom is 0.237 e. The normalized spacial score (nSPS) is 21.8. The predicted octanol–water partition coefficient (Wildman–Crippen LogP) is -3.57. The standard InChI is InChI=1S/C16H6N2O6/c19-7-3-1-5-9(14(7)22)16(24)12-11(13(5)21)18-10-6(17-12)2-4-8(20)15(10)23/h1-4,6,10H. The average Bonchev–Trinajstić information content (AvgIpc) is 2.57. The fraction of sp³-hybridized carbons (Fsp3) is 0.125. The van der Waals surface area contributed by atoms with Gasteiger partial charge < -0.3 is 0 Å². The Morgan fingerprint density at radius 2 is 1.50 bits per heavy atom. The van der Waals surface area contributed by atoms with Crippen LogP contribution in [0.25, 0.3) is 0 Å². The van der Waals surface area contributed by atoms with Crippen molar-refractivity contribution in [2.24, 2.45) is 9.98 Å². The van der Waals surface area contributed by atoms with Crippen LogP contribution in [0.5, 0.6) is 0 Å². The summed E-state index contributed by atoms with van der Waals surface area (Å²) in [5.41, 5.74) is -3.61. The van der Waals surface area contributed by atoms with E-state index in [9.17, 15) is 28.8 Å². The first kappa shape index (κ1) is 14.2. The molecular weight excluding hydrogens is 316 g/mol. The van der Waals surface area contributed by atoms with E-state index in [1.165, 1.54) is 6.08 Å². The summed E-state index contributed by atoms with van der Waals surface area (Å²) in [6, 6.07) is -0.0974. The number of nitrogens with zero attached hydrogens (tertiary/aromatic N) is 2. The van der Waals surface area contributed by atoms with E-state index in [0.717, 1.165) is 18.2 Å². The molecule has 4 aliphatic rings. The Labute approximate surface area is 130 Å². The summed E-state index contributed by atoms with van der Waals surface area (Å²) < 4.78 is 0. The highest BCUT2D eigenvalue weighted by atomic mass is 16.2. The van der Waals surface area contributed by atoms with E-state index >= 15 is 0 Å². The van der Waals surface area contributed by atoms with Gasteiger partial charge in [-0.1, -0.05) is 6.08 Å². The van der Waals surface area contributed by atoms with Gasteiger partial charge in [-0.25, -0.2) is 0 Å². The topological polar surface area (TPSA) is 127 Å². The molecule has 0 fully saturated rings. The van der Waals surface area contributed by atoms with Gasteiger partial charge in [0.05, 0.1) is 11.3 Å². The van der Waals surface area contributed by atoms with Gasteiger partial charge in [-0.2, -0.15) is 0 Å². The van der Waals surface area contributed by atoms with E-state index < -0.39 is 50.6 Å². The predicted molar refractivity (Wildman–Crippen MR) is 78.2 cm³/mol. The minimum Gasteiger partial charge on any atom is -0.288 e. The first-order valence-electron chi connectivity index (χ1n) is 6.93. The van der Waals surface area contributed by atoms with Gasteiger partial charge >= 0.3 is 0 Å². The number of carbonyl (C=O) groups excluding carboxylic acids is 2. The maximum atomic E-state index is 12.5. The lowest BCUT2D eigenvalue weighted by Crippen LogP contribution is -2.57. The number of Topliss-reactive ketones (excluding diaryl/α,β-unsaturated/α-hetero) is 1. The molecule has 1 heterocycles. The largest absolute Gasteiger partial charge is 0.288 e. The van der Waals surface area contributed by atoms with Gasteiger partial charge in [0.25, 0.3) is 0 Å². The zero-order chi connectivity index (χ0) is 17.2. The molecule has 2 atom stereocenters. The second-order valence-electron chi connectivity index (χ2n) is 5.45. The van der Waals surface area contributed by atoms with Gasteiger partial charge in [0.15, 0.2) is 0 Å². The Balaban J connectivity index is 2.29. The zero-order valence-corrected chi connectivity index (χ0v) is 11.8. The van der Waals surface area contributed by atoms with Crippen LogP contribution in [0.3, 0.4) is 0 Å². The van der Waals surface area contributed by atoms with E-state index in [1.807, 2.05) is 0 Å². The minimum atomic E-state index is -1.19. The lowest BCUT2D eigenvalue weighted by molar-refractivity contribution is -0.135. The second kappa shape index (κ2) is 4.54. The Kier molecular flexibility index (Phi) is 2.69. The number of hydrogen-bond donors (Lipinski definition) is 0. The average molecular weight is 322 g/mol. The van der Waals surface area contributed by atoms with Crippen LogP contribution in [0.4, 0.5) is 0 Å². The number of rotatable bonds is 0. The summed E-state index contributed by atoms with van der Waals surface area (Å²) in [5.74, 6) is -1.57. The molecule has 0 saturated heterocycles. The number of hydrogen-bond acceptors (Lipinski definition) is 8. The van der Waals surface area contributed by atoms with E-state index in [2.05, 4.69) is 9.98 Å². The van der Waals surface area contributed by atoms with E-state index in [0.29, 0.717) is 0 Å². The molecule has 0 amide bonds. The SMILES string of the molecule is O=C1C=CC2N=c3c(=O)c4c(=O)c(=O)ccc=4c(=O)c3=NC2C1=O. The molecule has 8 nitrogen and oxygen atoms in total. The van der Waals surface area contributed by atoms with Crippen molar-refractivity contribution in [3.05, 3.63) is 86.3 Å². The van der Waals surface area contributed by atoms with Crippen LogP contribution in [0.15, 0.2) is 53.4 Å². The molecule has 116 valence electrons. The summed E-state index contributed by atoms with van der Waals surface area (Å²) in [6.07, 6.45) is 2.35. The summed E-state index contributed by atoms with van der Waals surface area (Å²) in [7, 11) is 0. The second-order valence-corrected chi connectivity index (χ2v) is 5.45. The van der Waals surface area contributed by atoms with Crippen LogP contribution in [0, 0.1) is 10.4 Å². The van der Waals surface area contributed by atoms with Crippen molar-refractivity contribution in [3.63, 3.8) is 0 Å². The molecular formula is C16H6N2O6.